The molecule has 0 bridgehead atoms. The number of hydrazine groups is 1. The molecule has 0 heterocycles. The molecule has 3 N–H and O–H groups in total. The molecule has 0 saturated heterocycles. The number of non-ortho nitro benzene ring substituents is 1. The van der Waals surface area contributed by atoms with Crippen molar-refractivity contribution in [3.05, 3.63) is 34.4 Å². The zero-order chi connectivity index (χ0) is 12.8. The van der Waals surface area contributed by atoms with Gasteiger partial charge in [0.2, 0.25) is 0 Å². The molecule has 1 rings (SSSR count). The van der Waals surface area contributed by atoms with E-state index in [9.17, 15) is 10.1 Å². The lowest BCUT2D eigenvalue weighted by molar-refractivity contribution is -0.384. The summed E-state index contributed by atoms with van der Waals surface area (Å²) in [5, 5.41) is 14.0. The van der Waals surface area contributed by atoms with Gasteiger partial charge in [0.15, 0.2) is 5.11 Å². The molecular weight excluding hydrogens is 240 g/mol. The Bertz CT molecular complexity index is 423. The largest absolute Gasteiger partial charge is 0.359 e. The van der Waals surface area contributed by atoms with Crippen molar-refractivity contribution >= 4 is 28.7 Å². The minimum absolute atomic E-state index is 0.0273. The molecule has 7 heteroatoms. The number of thiocarbonyl (C=S) groups is 1. The first-order valence-electron chi connectivity index (χ1n) is 5.06. The maximum Gasteiger partial charge on any atom is 0.271 e. The minimum Gasteiger partial charge on any atom is -0.359 e. The number of rotatable bonds is 4. The van der Waals surface area contributed by atoms with E-state index < -0.39 is 4.92 Å². The Hall–Kier alpha value is -1.89. The monoisotopic (exact) mass is 254 g/mol. The molecule has 0 radical (unpaired) electrons. The highest BCUT2D eigenvalue weighted by Gasteiger charge is 2.05. The van der Waals surface area contributed by atoms with Crippen molar-refractivity contribution in [2.24, 2.45) is 0 Å². The number of nitrogens with zero attached hydrogens (tertiary/aromatic N) is 1. The molecule has 0 spiro atoms. The van der Waals surface area contributed by atoms with Crippen LogP contribution in [0.25, 0.3) is 0 Å². The number of nitro groups is 1. The number of nitrogens with one attached hydrogen (secondary N) is 3. The predicted molar refractivity (Wildman–Crippen MR) is 70.7 cm³/mol. The highest BCUT2D eigenvalue weighted by molar-refractivity contribution is 7.80. The van der Waals surface area contributed by atoms with Crippen LogP contribution in [0.3, 0.4) is 0 Å². The summed E-state index contributed by atoms with van der Waals surface area (Å²) in [5.74, 6) is 0. The van der Waals surface area contributed by atoms with E-state index in [4.69, 9.17) is 12.2 Å². The van der Waals surface area contributed by atoms with E-state index in [0.717, 1.165) is 0 Å². The molecule has 0 atom stereocenters. The van der Waals surface area contributed by atoms with E-state index in [1.54, 1.807) is 12.1 Å². The van der Waals surface area contributed by atoms with Crippen molar-refractivity contribution in [1.29, 1.82) is 0 Å². The molecule has 17 heavy (non-hydrogen) atoms. The van der Waals surface area contributed by atoms with E-state index in [2.05, 4.69) is 16.2 Å². The maximum atomic E-state index is 10.6. The molecule has 0 unspecified atom stereocenters. The molecule has 0 aliphatic heterocycles. The Kier molecular flexibility index (Phi) is 4.65. The Balaban J connectivity index is 2.54. The van der Waals surface area contributed by atoms with Gasteiger partial charge in [-0.3, -0.25) is 21.0 Å². The van der Waals surface area contributed by atoms with Crippen LogP contribution in [0.1, 0.15) is 13.8 Å². The van der Waals surface area contributed by atoms with Crippen molar-refractivity contribution in [3.8, 4) is 0 Å². The van der Waals surface area contributed by atoms with Crippen molar-refractivity contribution in [2.75, 3.05) is 5.43 Å². The van der Waals surface area contributed by atoms with Crippen LogP contribution in [0.4, 0.5) is 11.4 Å². The third-order valence-corrected chi connectivity index (χ3v) is 2.02. The number of hydrogen-bond donors (Lipinski definition) is 3. The van der Waals surface area contributed by atoms with Gasteiger partial charge in [0, 0.05) is 18.2 Å². The molecule has 6 nitrogen and oxygen atoms in total. The van der Waals surface area contributed by atoms with Gasteiger partial charge in [-0.15, -0.1) is 0 Å². The lowest BCUT2D eigenvalue weighted by atomic mass is 10.3. The van der Waals surface area contributed by atoms with Gasteiger partial charge in [0.25, 0.3) is 5.69 Å². The van der Waals surface area contributed by atoms with Crippen LogP contribution in [-0.2, 0) is 0 Å². The lowest BCUT2D eigenvalue weighted by Crippen LogP contribution is -2.41. The number of hydrogen-bond acceptors (Lipinski definition) is 4. The highest BCUT2D eigenvalue weighted by atomic mass is 32.1. The van der Waals surface area contributed by atoms with Crippen LogP contribution < -0.4 is 16.2 Å². The average Bonchev–Trinajstić information content (AvgIpc) is 2.26. The zero-order valence-corrected chi connectivity index (χ0v) is 10.4. The van der Waals surface area contributed by atoms with Gasteiger partial charge in [0.1, 0.15) is 0 Å². The summed E-state index contributed by atoms with van der Waals surface area (Å²) in [6.07, 6.45) is 0. The molecule has 92 valence electrons. The molecule has 1 aromatic rings. The van der Waals surface area contributed by atoms with Crippen molar-refractivity contribution in [1.82, 2.24) is 10.7 Å². The molecule has 0 fully saturated rings. The molecule has 0 saturated carbocycles. The van der Waals surface area contributed by atoms with E-state index in [-0.39, 0.29) is 11.7 Å². The Morgan fingerprint density at radius 3 is 2.76 bits per heavy atom. The smallest absolute Gasteiger partial charge is 0.271 e. The van der Waals surface area contributed by atoms with E-state index >= 15 is 0 Å². The first kappa shape index (κ1) is 13.2. The summed E-state index contributed by atoms with van der Waals surface area (Å²) < 4.78 is 0. The third kappa shape index (κ3) is 4.64. The highest BCUT2D eigenvalue weighted by Crippen LogP contribution is 2.15. The van der Waals surface area contributed by atoms with Gasteiger partial charge in [0.05, 0.1) is 10.6 Å². The van der Waals surface area contributed by atoms with Crippen LogP contribution >= 0.6 is 12.2 Å². The van der Waals surface area contributed by atoms with Crippen LogP contribution in [0, 0.1) is 10.1 Å². The van der Waals surface area contributed by atoms with Crippen molar-refractivity contribution < 1.29 is 4.92 Å². The van der Waals surface area contributed by atoms with Gasteiger partial charge >= 0.3 is 0 Å². The van der Waals surface area contributed by atoms with Gasteiger partial charge in [-0.05, 0) is 32.1 Å². The predicted octanol–water partition coefficient (Wildman–Crippen LogP) is 1.79. The first-order chi connectivity index (χ1) is 7.99. The third-order valence-electron chi connectivity index (χ3n) is 1.80. The summed E-state index contributed by atoms with van der Waals surface area (Å²) in [7, 11) is 0. The average molecular weight is 254 g/mol. The summed E-state index contributed by atoms with van der Waals surface area (Å²) in [6.45, 7) is 3.92. The summed E-state index contributed by atoms with van der Waals surface area (Å²) >= 11 is 5.00. The molecule has 0 aromatic heterocycles. The quantitative estimate of drug-likeness (QED) is 0.432. The Labute approximate surface area is 105 Å². The molecule has 0 amide bonds. The second-order valence-corrected chi connectivity index (χ2v) is 4.09. The van der Waals surface area contributed by atoms with E-state index in [1.807, 2.05) is 13.8 Å². The van der Waals surface area contributed by atoms with Gasteiger partial charge < -0.3 is 5.32 Å². The normalized spacial score (nSPS) is 9.82. The second-order valence-electron chi connectivity index (χ2n) is 3.69. The zero-order valence-electron chi connectivity index (χ0n) is 9.56. The summed E-state index contributed by atoms with van der Waals surface area (Å²) in [5.41, 5.74) is 6.13. The fraction of sp³-hybridized carbons (Fsp3) is 0.300. The Morgan fingerprint density at radius 2 is 2.18 bits per heavy atom. The van der Waals surface area contributed by atoms with Gasteiger partial charge in [-0.1, -0.05) is 6.07 Å². The lowest BCUT2D eigenvalue weighted by Gasteiger charge is -2.14. The van der Waals surface area contributed by atoms with E-state index in [0.29, 0.717) is 10.8 Å². The molecular formula is C10H14N4O2S. The van der Waals surface area contributed by atoms with Crippen molar-refractivity contribution in [2.45, 2.75) is 19.9 Å². The van der Waals surface area contributed by atoms with Gasteiger partial charge in [-0.2, -0.15) is 0 Å². The van der Waals surface area contributed by atoms with E-state index in [1.165, 1.54) is 12.1 Å². The first-order valence-corrected chi connectivity index (χ1v) is 5.47. The SMILES string of the molecule is CC(C)NC(=S)NNc1cccc([N+](=O)[O-])c1. The number of anilines is 1. The number of benzene rings is 1. The van der Waals surface area contributed by atoms with Crippen LogP contribution in [-0.4, -0.2) is 16.1 Å². The topological polar surface area (TPSA) is 79.2 Å². The molecule has 0 aliphatic carbocycles. The van der Waals surface area contributed by atoms with Crippen LogP contribution in [0.5, 0.6) is 0 Å². The molecule has 1 aromatic carbocycles. The van der Waals surface area contributed by atoms with Crippen LogP contribution in [0.2, 0.25) is 0 Å². The fourth-order valence-corrected chi connectivity index (χ4v) is 1.41. The fourth-order valence-electron chi connectivity index (χ4n) is 1.12. The van der Waals surface area contributed by atoms with Crippen molar-refractivity contribution in [3.63, 3.8) is 0 Å². The second kappa shape index (κ2) is 6.00. The Morgan fingerprint density at radius 1 is 1.47 bits per heavy atom. The summed E-state index contributed by atoms with van der Waals surface area (Å²) in [6, 6.07) is 6.38. The summed E-state index contributed by atoms with van der Waals surface area (Å²) in [4.78, 5) is 10.1. The number of nitro benzene ring substituents is 1. The maximum absolute atomic E-state index is 10.6. The molecule has 0 aliphatic rings. The van der Waals surface area contributed by atoms with Gasteiger partial charge in [-0.25, -0.2) is 0 Å². The van der Waals surface area contributed by atoms with Crippen LogP contribution in [0.15, 0.2) is 24.3 Å². The minimum atomic E-state index is -0.449. The standard InChI is InChI=1S/C10H14N4O2S/c1-7(2)11-10(17)13-12-8-4-3-5-9(6-8)14(15)16/h3-7,12H,1-2H3,(H2,11,13,17).